The summed E-state index contributed by atoms with van der Waals surface area (Å²) in [5.74, 6) is -1.36. The number of aliphatic hydroxyl groups excluding tert-OH is 1. The molecule has 1 saturated heterocycles. The summed E-state index contributed by atoms with van der Waals surface area (Å²) in [6, 6.07) is 2.91. The van der Waals surface area contributed by atoms with Gasteiger partial charge in [-0.1, -0.05) is 13.0 Å². The summed E-state index contributed by atoms with van der Waals surface area (Å²) in [7, 11) is 0. The molecule has 31 heavy (non-hydrogen) atoms. The maximum absolute atomic E-state index is 14.3. The minimum Gasteiger partial charge on any atom is -0.447 e. The Kier molecular flexibility index (Phi) is 6.48. The van der Waals surface area contributed by atoms with Crippen molar-refractivity contribution in [2.24, 2.45) is 0 Å². The van der Waals surface area contributed by atoms with E-state index in [1.54, 1.807) is 13.8 Å². The molecule has 0 radical (unpaired) electrons. The molecule has 0 bridgehead atoms. The van der Waals surface area contributed by atoms with Crippen molar-refractivity contribution in [2.45, 2.75) is 44.8 Å². The molecule has 0 saturated carbocycles. The number of aliphatic hydroxyl groups is 1. The van der Waals surface area contributed by atoms with E-state index in [4.69, 9.17) is 4.74 Å². The minimum absolute atomic E-state index is 0.00850. The molecule has 0 aliphatic carbocycles. The molecule has 1 aromatic heterocycles. The van der Waals surface area contributed by atoms with Crippen molar-refractivity contribution < 1.29 is 36.9 Å². The van der Waals surface area contributed by atoms with E-state index in [0.29, 0.717) is 12.5 Å². The number of alkyl halides is 3. The molecular weight excluding hydrogens is 424 g/mol. The summed E-state index contributed by atoms with van der Waals surface area (Å²) in [4.78, 5) is 21.6. The zero-order chi connectivity index (χ0) is 22.8. The molecule has 168 valence electrons. The largest absolute Gasteiger partial charge is 0.573 e. The SMILES string of the molecule is CC[C@@H](O)[C@H]1COC(=O)N1c1ccnc(N[C@@H](C)c2ccc(OC(F)(F)F)cc2F)n1. The van der Waals surface area contributed by atoms with Crippen molar-refractivity contribution in [1.29, 1.82) is 0 Å². The summed E-state index contributed by atoms with van der Waals surface area (Å²) in [6.45, 7) is 3.33. The number of nitrogens with zero attached hydrogens (tertiary/aromatic N) is 3. The summed E-state index contributed by atoms with van der Waals surface area (Å²) < 4.78 is 59.9. The number of rotatable bonds is 7. The second-order valence-corrected chi connectivity index (χ2v) is 6.83. The maximum atomic E-state index is 14.3. The highest BCUT2D eigenvalue weighted by molar-refractivity contribution is 5.89. The summed E-state index contributed by atoms with van der Waals surface area (Å²) in [5, 5.41) is 13.0. The Morgan fingerprint density at radius 3 is 2.77 bits per heavy atom. The fourth-order valence-electron chi connectivity index (χ4n) is 3.14. The summed E-state index contributed by atoms with van der Waals surface area (Å²) >= 11 is 0. The first-order valence-electron chi connectivity index (χ1n) is 9.38. The van der Waals surface area contributed by atoms with E-state index in [1.165, 1.54) is 17.2 Å². The van der Waals surface area contributed by atoms with Crippen molar-refractivity contribution in [3.63, 3.8) is 0 Å². The van der Waals surface area contributed by atoms with Crippen LogP contribution in [0.2, 0.25) is 0 Å². The van der Waals surface area contributed by atoms with Crippen molar-refractivity contribution in [3.05, 3.63) is 41.8 Å². The Bertz CT molecular complexity index is 943. The molecule has 3 rings (SSSR count). The van der Waals surface area contributed by atoms with Crippen LogP contribution in [0.15, 0.2) is 30.5 Å². The quantitative estimate of drug-likeness (QED) is 0.628. The van der Waals surface area contributed by atoms with Crippen molar-refractivity contribution in [2.75, 3.05) is 16.8 Å². The van der Waals surface area contributed by atoms with Gasteiger partial charge in [-0.25, -0.2) is 14.2 Å². The molecule has 0 spiro atoms. The third-order valence-corrected chi connectivity index (χ3v) is 4.67. The number of hydrogen-bond acceptors (Lipinski definition) is 7. The van der Waals surface area contributed by atoms with Crippen LogP contribution >= 0.6 is 0 Å². The zero-order valence-electron chi connectivity index (χ0n) is 16.6. The molecule has 2 heterocycles. The molecule has 0 unspecified atom stereocenters. The Hall–Kier alpha value is -3.15. The standard InChI is InChI=1S/C19H20F4N4O4/c1-3-15(28)14-9-30-18(29)27(14)16-6-7-24-17(26-16)25-10(2)12-5-4-11(8-13(12)20)31-19(21,22)23/h4-8,10,14-15,28H,3,9H2,1-2H3,(H,24,25,26)/t10-,14+,15+/m0/s1. The van der Waals surface area contributed by atoms with Gasteiger partial charge in [-0.05, 0) is 25.5 Å². The monoisotopic (exact) mass is 444 g/mol. The number of carbonyl (C=O) groups is 1. The summed E-state index contributed by atoms with van der Waals surface area (Å²) in [5.41, 5.74) is 0.0587. The number of carbonyl (C=O) groups excluding carboxylic acids is 1. The fourth-order valence-corrected chi connectivity index (χ4v) is 3.14. The molecule has 3 atom stereocenters. The Balaban J connectivity index is 1.77. The van der Waals surface area contributed by atoms with Crippen LogP contribution in [0.4, 0.5) is 34.1 Å². The van der Waals surface area contributed by atoms with Gasteiger partial charge in [0.25, 0.3) is 0 Å². The molecule has 1 aliphatic heterocycles. The molecule has 1 aliphatic rings. The Labute approximate surface area is 174 Å². The molecule has 1 fully saturated rings. The smallest absolute Gasteiger partial charge is 0.447 e. The van der Waals surface area contributed by atoms with Crippen molar-refractivity contribution in [3.8, 4) is 5.75 Å². The molecule has 2 aromatic rings. The third-order valence-electron chi connectivity index (χ3n) is 4.67. The number of anilines is 2. The Morgan fingerprint density at radius 2 is 2.13 bits per heavy atom. The highest BCUT2D eigenvalue weighted by Gasteiger charge is 2.39. The van der Waals surface area contributed by atoms with Crippen LogP contribution in [0.3, 0.4) is 0 Å². The highest BCUT2D eigenvalue weighted by atomic mass is 19.4. The number of nitrogens with one attached hydrogen (secondary N) is 1. The highest BCUT2D eigenvalue weighted by Crippen LogP contribution is 2.29. The first-order chi connectivity index (χ1) is 14.6. The van der Waals surface area contributed by atoms with E-state index < -0.39 is 42.2 Å². The second-order valence-electron chi connectivity index (χ2n) is 6.83. The van der Waals surface area contributed by atoms with Crippen LogP contribution < -0.4 is 15.0 Å². The lowest BCUT2D eigenvalue weighted by Gasteiger charge is -2.24. The van der Waals surface area contributed by atoms with Gasteiger partial charge in [0.1, 0.15) is 30.0 Å². The molecule has 8 nitrogen and oxygen atoms in total. The van der Waals surface area contributed by atoms with E-state index in [-0.39, 0.29) is 23.9 Å². The number of amides is 1. The third kappa shape index (κ3) is 5.32. The van der Waals surface area contributed by atoms with E-state index >= 15 is 0 Å². The lowest BCUT2D eigenvalue weighted by atomic mass is 10.1. The van der Waals surface area contributed by atoms with Gasteiger partial charge < -0.3 is 19.9 Å². The molecule has 12 heteroatoms. The van der Waals surface area contributed by atoms with E-state index in [9.17, 15) is 27.5 Å². The number of cyclic esters (lactones) is 1. The lowest BCUT2D eigenvalue weighted by Crippen LogP contribution is -2.42. The number of halogens is 4. The molecule has 1 aromatic carbocycles. The number of hydrogen-bond donors (Lipinski definition) is 2. The van der Waals surface area contributed by atoms with Gasteiger partial charge in [-0.2, -0.15) is 4.98 Å². The van der Waals surface area contributed by atoms with Gasteiger partial charge in [-0.15, -0.1) is 13.2 Å². The first-order valence-corrected chi connectivity index (χ1v) is 9.38. The normalized spacial score (nSPS) is 18.5. The average Bonchev–Trinajstić information content (AvgIpc) is 3.07. The minimum atomic E-state index is -4.92. The molecular formula is C19H20F4N4O4. The second kappa shape index (κ2) is 8.92. The topological polar surface area (TPSA) is 96.8 Å². The molecule has 2 N–H and O–H groups in total. The van der Waals surface area contributed by atoms with Gasteiger partial charge in [0.2, 0.25) is 5.95 Å². The van der Waals surface area contributed by atoms with Crippen molar-refractivity contribution >= 4 is 17.9 Å². The fraction of sp³-hybridized carbons (Fsp3) is 0.421. The van der Waals surface area contributed by atoms with E-state index in [0.717, 1.165) is 12.1 Å². The zero-order valence-corrected chi connectivity index (χ0v) is 16.6. The number of aromatic nitrogens is 2. The van der Waals surface area contributed by atoms with Crippen LogP contribution in [0.5, 0.6) is 5.75 Å². The van der Waals surface area contributed by atoms with Gasteiger partial charge >= 0.3 is 12.5 Å². The first kappa shape index (κ1) is 22.5. The van der Waals surface area contributed by atoms with E-state index in [2.05, 4.69) is 20.0 Å². The van der Waals surface area contributed by atoms with Crippen molar-refractivity contribution in [1.82, 2.24) is 9.97 Å². The lowest BCUT2D eigenvalue weighted by molar-refractivity contribution is -0.274. The summed E-state index contributed by atoms with van der Waals surface area (Å²) in [6.07, 6.45) is -4.64. The van der Waals surface area contributed by atoms with Crippen LogP contribution in [0, 0.1) is 5.82 Å². The number of benzene rings is 1. The van der Waals surface area contributed by atoms with Gasteiger partial charge in [0, 0.05) is 17.8 Å². The molecule has 1 amide bonds. The number of ether oxygens (including phenoxy) is 2. The van der Waals surface area contributed by atoms with Crippen LogP contribution in [0.1, 0.15) is 31.9 Å². The Morgan fingerprint density at radius 1 is 1.39 bits per heavy atom. The maximum Gasteiger partial charge on any atom is 0.573 e. The average molecular weight is 444 g/mol. The van der Waals surface area contributed by atoms with Crippen LogP contribution in [-0.4, -0.2) is 46.3 Å². The predicted molar refractivity (Wildman–Crippen MR) is 101 cm³/mol. The van der Waals surface area contributed by atoms with Gasteiger partial charge in [0.05, 0.1) is 12.1 Å². The van der Waals surface area contributed by atoms with Gasteiger partial charge in [-0.3, -0.25) is 4.90 Å². The van der Waals surface area contributed by atoms with E-state index in [1.807, 2.05) is 0 Å². The predicted octanol–water partition coefficient (Wildman–Crippen LogP) is 3.78. The van der Waals surface area contributed by atoms with Crippen LogP contribution in [-0.2, 0) is 4.74 Å². The van der Waals surface area contributed by atoms with Gasteiger partial charge in [0.15, 0.2) is 0 Å². The van der Waals surface area contributed by atoms with Crippen LogP contribution in [0.25, 0.3) is 0 Å².